The zero-order valence-electron chi connectivity index (χ0n) is 11.7. The fraction of sp³-hybridized carbons (Fsp3) is 0.0588. The van der Waals surface area contributed by atoms with E-state index in [1.54, 1.807) is 6.20 Å². The van der Waals surface area contributed by atoms with Crippen LogP contribution in [0.1, 0.15) is 5.56 Å². The minimum atomic E-state index is -0.222. The minimum Gasteiger partial charge on any atom is -0.489 e. The van der Waals surface area contributed by atoms with E-state index in [1.165, 1.54) is 0 Å². The molecular weight excluding hydrogens is 278 g/mol. The van der Waals surface area contributed by atoms with E-state index in [0.717, 1.165) is 27.6 Å². The molecule has 2 aromatic carbocycles. The standard InChI is InChI=1S/C17H13N3O2/c21-17-16-14(9-18-20-17)13-8-12(6-7-15(13)19-16)22-10-11-4-2-1-3-5-11/h1-9,19H,10H2,(H,20,21). The van der Waals surface area contributed by atoms with Gasteiger partial charge in [0.15, 0.2) is 0 Å². The molecule has 0 amide bonds. The molecule has 2 aromatic heterocycles. The molecule has 2 heterocycles. The Kier molecular flexibility index (Phi) is 2.89. The molecule has 0 aliphatic heterocycles. The summed E-state index contributed by atoms with van der Waals surface area (Å²) >= 11 is 0. The van der Waals surface area contributed by atoms with Crippen LogP contribution in [-0.2, 0) is 6.61 Å². The van der Waals surface area contributed by atoms with E-state index < -0.39 is 0 Å². The van der Waals surface area contributed by atoms with Crippen LogP contribution in [-0.4, -0.2) is 15.2 Å². The number of fused-ring (bicyclic) bond motifs is 3. The molecule has 4 rings (SSSR count). The van der Waals surface area contributed by atoms with Gasteiger partial charge in [0.1, 0.15) is 17.9 Å². The SMILES string of the molecule is O=c1[nH]ncc2c1[nH]c1ccc(OCc3ccccc3)cc12. The molecule has 22 heavy (non-hydrogen) atoms. The monoisotopic (exact) mass is 291 g/mol. The van der Waals surface area contributed by atoms with E-state index in [0.29, 0.717) is 12.1 Å². The molecule has 0 radical (unpaired) electrons. The van der Waals surface area contributed by atoms with Crippen molar-refractivity contribution in [3.63, 3.8) is 0 Å². The molecule has 0 saturated heterocycles. The van der Waals surface area contributed by atoms with Crippen molar-refractivity contribution < 1.29 is 4.74 Å². The predicted octanol–water partition coefficient (Wildman–Crippen LogP) is 2.98. The summed E-state index contributed by atoms with van der Waals surface area (Å²) in [5.74, 6) is 0.762. The number of hydrogen-bond acceptors (Lipinski definition) is 3. The third kappa shape index (κ3) is 2.13. The molecule has 2 N–H and O–H groups in total. The van der Waals surface area contributed by atoms with E-state index in [9.17, 15) is 4.79 Å². The Bertz CT molecular complexity index is 1000. The highest BCUT2D eigenvalue weighted by atomic mass is 16.5. The number of aromatic amines is 2. The second-order valence-corrected chi connectivity index (χ2v) is 5.09. The highest BCUT2D eigenvalue weighted by Crippen LogP contribution is 2.26. The van der Waals surface area contributed by atoms with Crippen LogP contribution in [0.3, 0.4) is 0 Å². The van der Waals surface area contributed by atoms with Crippen LogP contribution < -0.4 is 10.3 Å². The fourth-order valence-corrected chi connectivity index (χ4v) is 2.55. The van der Waals surface area contributed by atoms with Gasteiger partial charge in [-0.05, 0) is 23.8 Å². The first kappa shape index (κ1) is 12.6. The Labute approximate surface area is 125 Å². The van der Waals surface area contributed by atoms with E-state index in [2.05, 4.69) is 15.2 Å². The Morgan fingerprint density at radius 3 is 2.77 bits per heavy atom. The van der Waals surface area contributed by atoms with Crippen molar-refractivity contribution >= 4 is 21.8 Å². The summed E-state index contributed by atoms with van der Waals surface area (Å²) < 4.78 is 5.83. The molecule has 0 aliphatic rings. The summed E-state index contributed by atoms with van der Waals surface area (Å²) in [6.07, 6.45) is 1.65. The maximum Gasteiger partial charge on any atom is 0.288 e. The highest BCUT2D eigenvalue weighted by molar-refractivity contribution is 6.06. The molecule has 0 saturated carbocycles. The lowest BCUT2D eigenvalue weighted by Gasteiger charge is -2.06. The summed E-state index contributed by atoms with van der Waals surface area (Å²) in [4.78, 5) is 14.9. The third-order valence-electron chi connectivity index (χ3n) is 3.65. The van der Waals surface area contributed by atoms with Crippen molar-refractivity contribution in [2.75, 3.05) is 0 Å². The lowest BCUT2D eigenvalue weighted by molar-refractivity contribution is 0.306. The van der Waals surface area contributed by atoms with Gasteiger partial charge in [-0.3, -0.25) is 4.79 Å². The quantitative estimate of drug-likeness (QED) is 0.609. The molecule has 108 valence electrons. The Balaban J connectivity index is 1.72. The zero-order valence-corrected chi connectivity index (χ0v) is 11.7. The first-order valence-electron chi connectivity index (χ1n) is 6.97. The molecule has 0 bridgehead atoms. The van der Waals surface area contributed by atoms with Gasteiger partial charge in [0.25, 0.3) is 5.56 Å². The van der Waals surface area contributed by atoms with Gasteiger partial charge in [-0.2, -0.15) is 5.10 Å². The molecule has 4 aromatic rings. The Morgan fingerprint density at radius 2 is 1.91 bits per heavy atom. The van der Waals surface area contributed by atoms with Crippen LogP contribution in [0, 0.1) is 0 Å². The van der Waals surface area contributed by atoms with Gasteiger partial charge in [-0.15, -0.1) is 0 Å². The van der Waals surface area contributed by atoms with Gasteiger partial charge in [-0.25, -0.2) is 5.10 Å². The number of H-pyrrole nitrogens is 2. The van der Waals surface area contributed by atoms with Gasteiger partial charge in [0.05, 0.1) is 6.20 Å². The van der Waals surface area contributed by atoms with E-state index >= 15 is 0 Å². The molecule has 0 unspecified atom stereocenters. The summed E-state index contributed by atoms with van der Waals surface area (Å²) in [5, 5.41) is 8.01. The summed E-state index contributed by atoms with van der Waals surface area (Å²) in [6.45, 7) is 0.507. The largest absolute Gasteiger partial charge is 0.489 e. The van der Waals surface area contributed by atoms with Crippen molar-refractivity contribution in [1.82, 2.24) is 15.2 Å². The number of nitrogens with one attached hydrogen (secondary N) is 2. The molecule has 0 spiro atoms. The van der Waals surface area contributed by atoms with Crippen molar-refractivity contribution in [2.45, 2.75) is 6.61 Å². The minimum absolute atomic E-state index is 0.222. The van der Waals surface area contributed by atoms with Gasteiger partial charge >= 0.3 is 0 Å². The number of hydrogen-bond donors (Lipinski definition) is 2. The first-order valence-corrected chi connectivity index (χ1v) is 6.97. The number of nitrogens with zero attached hydrogens (tertiary/aromatic N) is 1. The smallest absolute Gasteiger partial charge is 0.288 e. The van der Waals surface area contributed by atoms with Crippen molar-refractivity contribution in [1.29, 1.82) is 0 Å². The zero-order chi connectivity index (χ0) is 14.9. The van der Waals surface area contributed by atoms with Crippen molar-refractivity contribution in [3.05, 3.63) is 70.6 Å². The molecular formula is C17H13N3O2. The van der Waals surface area contributed by atoms with Crippen molar-refractivity contribution in [3.8, 4) is 5.75 Å². The highest BCUT2D eigenvalue weighted by Gasteiger charge is 2.08. The van der Waals surface area contributed by atoms with Crippen LogP contribution >= 0.6 is 0 Å². The molecule has 5 nitrogen and oxygen atoms in total. The van der Waals surface area contributed by atoms with Gasteiger partial charge in [-0.1, -0.05) is 30.3 Å². The summed E-state index contributed by atoms with van der Waals surface area (Å²) in [6, 6.07) is 15.7. The van der Waals surface area contributed by atoms with Crippen LogP contribution in [0.5, 0.6) is 5.75 Å². The summed E-state index contributed by atoms with van der Waals surface area (Å²) in [5.41, 5.74) is 2.31. The average Bonchev–Trinajstić information content (AvgIpc) is 2.94. The third-order valence-corrected chi connectivity index (χ3v) is 3.65. The topological polar surface area (TPSA) is 70.8 Å². The lowest BCUT2D eigenvalue weighted by Crippen LogP contribution is -2.06. The van der Waals surface area contributed by atoms with Gasteiger partial charge in [0, 0.05) is 16.3 Å². The van der Waals surface area contributed by atoms with Crippen LogP contribution in [0.4, 0.5) is 0 Å². The normalized spacial score (nSPS) is 11.1. The number of aromatic nitrogens is 3. The summed E-state index contributed by atoms with van der Waals surface area (Å²) in [7, 11) is 0. The van der Waals surface area contributed by atoms with E-state index in [4.69, 9.17) is 4.74 Å². The van der Waals surface area contributed by atoms with E-state index in [1.807, 2.05) is 48.5 Å². The Hall–Kier alpha value is -3.08. The maximum atomic E-state index is 11.8. The van der Waals surface area contributed by atoms with Gasteiger partial charge < -0.3 is 9.72 Å². The fourth-order valence-electron chi connectivity index (χ4n) is 2.55. The number of rotatable bonds is 3. The van der Waals surface area contributed by atoms with Crippen LogP contribution in [0.25, 0.3) is 21.8 Å². The predicted molar refractivity (Wildman–Crippen MR) is 85.0 cm³/mol. The van der Waals surface area contributed by atoms with Gasteiger partial charge in [0.2, 0.25) is 0 Å². The van der Waals surface area contributed by atoms with Crippen LogP contribution in [0.2, 0.25) is 0 Å². The second-order valence-electron chi connectivity index (χ2n) is 5.09. The first-order chi connectivity index (χ1) is 10.8. The van der Waals surface area contributed by atoms with Crippen molar-refractivity contribution in [2.24, 2.45) is 0 Å². The molecule has 0 atom stereocenters. The maximum absolute atomic E-state index is 11.8. The van der Waals surface area contributed by atoms with Crippen LogP contribution in [0.15, 0.2) is 59.5 Å². The lowest BCUT2D eigenvalue weighted by atomic mass is 10.2. The molecule has 0 fully saturated rings. The number of benzene rings is 2. The number of ether oxygens (including phenoxy) is 1. The molecule has 0 aliphatic carbocycles. The Morgan fingerprint density at radius 1 is 1.05 bits per heavy atom. The molecule has 5 heteroatoms. The van der Waals surface area contributed by atoms with E-state index in [-0.39, 0.29) is 5.56 Å². The second kappa shape index (κ2) is 5.04. The average molecular weight is 291 g/mol.